The fourth-order valence-electron chi connectivity index (χ4n) is 3.12. The highest BCUT2D eigenvalue weighted by Gasteiger charge is 2.21. The molecule has 27 heavy (non-hydrogen) atoms. The predicted molar refractivity (Wildman–Crippen MR) is 106 cm³/mol. The normalized spacial score (nSPS) is 16.5. The molecule has 0 aliphatic carbocycles. The number of nitrogens with one attached hydrogen (secondary N) is 2. The Balaban J connectivity index is 1.59. The highest BCUT2D eigenvalue weighted by molar-refractivity contribution is 5.80. The summed E-state index contributed by atoms with van der Waals surface area (Å²) in [5.41, 5.74) is 1.18. The summed E-state index contributed by atoms with van der Waals surface area (Å²) in [7, 11) is 1.73. The number of nitrogens with zero attached hydrogens (tertiary/aromatic N) is 1. The van der Waals surface area contributed by atoms with E-state index in [-0.39, 0.29) is 6.04 Å². The number of benzene rings is 1. The van der Waals surface area contributed by atoms with Gasteiger partial charge in [0.2, 0.25) is 0 Å². The highest BCUT2D eigenvalue weighted by Crippen LogP contribution is 2.31. The molecule has 6 nitrogen and oxygen atoms in total. The molecule has 0 saturated heterocycles. The summed E-state index contributed by atoms with van der Waals surface area (Å²) in [6.45, 7) is 3.02. The van der Waals surface area contributed by atoms with Crippen molar-refractivity contribution >= 4 is 5.96 Å². The lowest BCUT2D eigenvalue weighted by molar-refractivity contribution is 0.193. The number of hydrogen-bond donors (Lipinski definition) is 2. The quantitative estimate of drug-likeness (QED) is 0.402. The Morgan fingerprint density at radius 1 is 1.22 bits per heavy atom. The number of guanidine groups is 1. The molecule has 2 heterocycles. The second-order valence-corrected chi connectivity index (χ2v) is 6.56. The van der Waals surface area contributed by atoms with Crippen LogP contribution in [0.3, 0.4) is 0 Å². The molecule has 0 fully saturated rings. The van der Waals surface area contributed by atoms with Crippen molar-refractivity contribution in [3.8, 4) is 5.75 Å². The molecule has 0 spiro atoms. The summed E-state index contributed by atoms with van der Waals surface area (Å²) >= 11 is 0. The lowest BCUT2D eigenvalue weighted by atomic mass is 10.0. The van der Waals surface area contributed by atoms with Crippen LogP contribution in [0.1, 0.15) is 36.6 Å². The number of fused-ring (bicyclic) bond motifs is 1. The Labute approximate surface area is 161 Å². The maximum atomic E-state index is 5.76. The van der Waals surface area contributed by atoms with E-state index in [2.05, 4.69) is 16.7 Å². The molecule has 1 aliphatic heterocycles. The molecular formula is C21H29N3O3. The Morgan fingerprint density at radius 2 is 2.15 bits per heavy atom. The van der Waals surface area contributed by atoms with Crippen LogP contribution < -0.4 is 15.4 Å². The van der Waals surface area contributed by atoms with E-state index in [1.807, 2.05) is 30.3 Å². The molecule has 0 saturated carbocycles. The topological polar surface area (TPSA) is 68.0 Å². The average Bonchev–Trinajstić information content (AvgIpc) is 3.21. The van der Waals surface area contributed by atoms with Gasteiger partial charge in [-0.15, -0.1) is 0 Å². The van der Waals surface area contributed by atoms with Gasteiger partial charge in [-0.05, 0) is 31.0 Å². The molecule has 0 radical (unpaired) electrons. The highest BCUT2D eigenvalue weighted by atomic mass is 16.5. The van der Waals surface area contributed by atoms with Crippen LogP contribution >= 0.6 is 0 Å². The van der Waals surface area contributed by atoms with Crippen molar-refractivity contribution in [1.82, 2.24) is 10.6 Å². The molecule has 6 heteroatoms. The van der Waals surface area contributed by atoms with Crippen LogP contribution in [-0.4, -0.2) is 39.4 Å². The van der Waals surface area contributed by atoms with Crippen LogP contribution in [0.25, 0.3) is 0 Å². The predicted octanol–water partition coefficient (Wildman–Crippen LogP) is 3.31. The van der Waals surface area contributed by atoms with E-state index in [1.165, 1.54) is 5.56 Å². The van der Waals surface area contributed by atoms with Gasteiger partial charge in [-0.25, -0.2) is 0 Å². The van der Waals surface area contributed by atoms with Gasteiger partial charge in [-0.3, -0.25) is 4.99 Å². The first-order valence-corrected chi connectivity index (χ1v) is 9.64. The Kier molecular flexibility index (Phi) is 7.59. The maximum absolute atomic E-state index is 5.76. The fourth-order valence-corrected chi connectivity index (χ4v) is 3.12. The maximum Gasteiger partial charge on any atom is 0.191 e. The summed E-state index contributed by atoms with van der Waals surface area (Å²) in [4.78, 5) is 4.75. The molecule has 0 bridgehead atoms. The van der Waals surface area contributed by atoms with E-state index in [0.29, 0.717) is 6.61 Å². The van der Waals surface area contributed by atoms with Gasteiger partial charge in [0.1, 0.15) is 11.5 Å². The molecular weight excluding hydrogens is 342 g/mol. The minimum atomic E-state index is 0.198. The van der Waals surface area contributed by atoms with Crippen molar-refractivity contribution in [2.45, 2.75) is 31.7 Å². The fraction of sp³-hybridized carbons (Fsp3) is 0.476. The van der Waals surface area contributed by atoms with Gasteiger partial charge in [-0.2, -0.15) is 0 Å². The van der Waals surface area contributed by atoms with E-state index in [1.54, 1.807) is 13.4 Å². The molecule has 1 aromatic carbocycles. The molecule has 0 amide bonds. The van der Waals surface area contributed by atoms with Crippen molar-refractivity contribution < 1.29 is 13.9 Å². The van der Waals surface area contributed by atoms with Crippen molar-refractivity contribution in [2.24, 2.45) is 4.99 Å². The summed E-state index contributed by atoms with van der Waals surface area (Å²) in [6.07, 6.45) is 5.46. The van der Waals surface area contributed by atoms with Gasteiger partial charge in [0.15, 0.2) is 5.96 Å². The average molecular weight is 371 g/mol. The number of furan rings is 1. The van der Waals surface area contributed by atoms with Gasteiger partial charge < -0.3 is 24.5 Å². The molecule has 1 unspecified atom stereocenters. The molecule has 1 atom stereocenters. The van der Waals surface area contributed by atoms with Gasteiger partial charge in [0.25, 0.3) is 0 Å². The third-order valence-corrected chi connectivity index (χ3v) is 4.54. The Bertz CT molecular complexity index is 700. The summed E-state index contributed by atoms with van der Waals surface area (Å²) < 4.78 is 16.3. The molecule has 2 aromatic rings. The largest absolute Gasteiger partial charge is 0.493 e. The van der Waals surface area contributed by atoms with Crippen LogP contribution in [0.4, 0.5) is 0 Å². The molecule has 1 aliphatic rings. The lowest BCUT2D eigenvalue weighted by Gasteiger charge is -2.28. The van der Waals surface area contributed by atoms with E-state index in [0.717, 1.165) is 62.8 Å². The first-order valence-electron chi connectivity index (χ1n) is 9.64. The number of para-hydroxylation sites is 1. The third kappa shape index (κ3) is 6.03. The first kappa shape index (κ1) is 19.3. The zero-order chi connectivity index (χ0) is 18.7. The van der Waals surface area contributed by atoms with Crippen molar-refractivity contribution in [2.75, 3.05) is 33.4 Å². The van der Waals surface area contributed by atoms with Crippen LogP contribution in [0.5, 0.6) is 5.75 Å². The van der Waals surface area contributed by atoms with Crippen LogP contribution in [-0.2, 0) is 11.2 Å². The first-order chi connectivity index (χ1) is 13.4. The number of rotatable bonds is 9. The van der Waals surface area contributed by atoms with Gasteiger partial charge in [0.05, 0.1) is 18.9 Å². The van der Waals surface area contributed by atoms with E-state index >= 15 is 0 Å². The molecule has 2 N–H and O–H groups in total. The van der Waals surface area contributed by atoms with E-state index < -0.39 is 0 Å². The summed E-state index contributed by atoms with van der Waals surface area (Å²) in [5, 5.41) is 7.01. The number of unbranched alkanes of at least 4 members (excludes halogenated alkanes) is 1. The minimum absolute atomic E-state index is 0.198. The number of methoxy groups -OCH3 is 1. The SMILES string of the molecule is COCCCCN=C(NCCc1ccco1)NC1CCOc2ccccc21. The van der Waals surface area contributed by atoms with Crippen molar-refractivity contribution in [3.05, 3.63) is 54.0 Å². The summed E-state index contributed by atoms with van der Waals surface area (Å²) in [6, 6.07) is 12.3. The smallest absolute Gasteiger partial charge is 0.191 e. The van der Waals surface area contributed by atoms with E-state index in [9.17, 15) is 0 Å². The second kappa shape index (κ2) is 10.6. The van der Waals surface area contributed by atoms with E-state index in [4.69, 9.17) is 18.9 Å². The van der Waals surface area contributed by atoms with Crippen LogP contribution in [0.15, 0.2) is 52.1 Å². The molecule has 3 rings (SSSR count). The number of aliphatic imine (C=N–C) groups is 1. The standard InChI is InChI=1S/C21H29N3O3/c1-25-14-5-4-12-22-21(23-13-10-17-7-6-15-26-17)24-19-11-16-27-20-9-3-2-8-18(19)20/h2-3,6-9,15,19H,4-5,10-14,16H2,1H3,(H2,22,23,24). The third-order valence-electron chi connectivity index (χ3n) is 4.54. The van der Waals surface area contributed by atoms with Crippen molar-refractivity contribution in [3.63, 3.8) is 0 Å². The van der Waals surface area contributed by atoms with Crippen LogP contribution in [0, 0.1) is 0 Å². The van der Waals surface area contributed by atoms with Crippen molar-refractivity contribution in [1.29, 1.82) is 0 Å². The number of ether oxygens (including phenoxy) is 2. The zero-order valence-corrected chi connectivity index (χ0v) is 15.9. The van der Waals surface area contributed by atoms with Gasteiger partial charge in [0, 0.05) is 45.2 Å². The molecule has 1 aromatic heterocycles. The molecule has 146 valence electrons. The Morgan fingerprint density at radius 3 is 3.00 bits per heavy atom. The van der Waals surface area contributed by atoms with Crippen LogP contribution in [0.2, 0.25) is 0 Å². The summed E-state index contributed by atoms with van der Waals surface area (Å²) in [5.74, 6) is 2.76. The van der Waals surface area contributed by atoms with Gasteiger partial charge >= 0.3 is 0 Å². The second-order valence-electron chi connectivity index (χ2n) is 6.56. The minimum Gasteiger partial charge on any atom is -0.493 e. The number of hydrogen-bond acceptors (Lipinski definition) is 4. The monoisotopic (exact) mass is 371 g/mol. The Hall–Kier alpha value is -2.47. The lowest BCUT2D eigenvalue weighted by Crippen LogP contribution is -2.42. The van der Waals surface area contributed by atoms with Gasteiger partial charge in [-0.1, -0.05) is 18.2 Å². The zero-order valence-electron chi connectivity index (χ0n) is 15.9.